The zero-order valence-electron chi connectivity index (χ0n) is 12.4. The third-order valence-electron chi connectivity index (χ3n) is 3.98. The molecule has 0 aliphatic carbocycles. The van der Waals surface area contributed by atoms with Crippen molar-refractivity contribution in [3.63, 3.8) is 0 Å². The van der Waals surface area contributed by atoms with Crippen LogP contribution in [-0.4, -0.2) is 42.0 Å². The number of hydrogen-bond donors (Lipinski definition) is 0. The van der Waals surface area contributed by atoms with Gasteiger partial charge in [0, 0.05) is 20.0 Å². The molecule has 0 saturated carbocycles. The molecule has 1 fully saturated rings. The number of carbonyl (C=O) groups excluding carboxylic acids is 1. The van der Waals surface area contributed by atoms with Crippen LogP contribution < -0.4 is 4.90 Å². The van der Waals surface area contributed by atoms with Gasteiger partial charge in [-0.1, -0.05) is 29.9 Å². The molecular formula is C16H21N3OS. The molecule has 0 atom stereocenters. The van der Waals surface area contributed by atoms with E-state index < -0.39 is 0 Å². The molecule has 5 heteroatoms. The minimum Gasteiger partial charge on any atom is -0.302 e. The van der Waals surface area contributed by atoms with Gasteiger partial charge in [0.05, 0.1) is 10.2 Å². The zero-order valence-corrected chi connectivity index (χ0v) is 13.2. The van der Waals surface area contributed by atoms with E-state index in [2.05, 4.69) is 16.0 Å². The predicted molar refractivity (Wildman–Crippen MR) is 87.9 cm³/mol. The van der Waals surface area contributed by atoms with Crippen LogP contribution in [0.5, 0.6) is 0 Å². The number of carbonyl (C=O) groups is 1. The fourth-order valence-electron chi connectivity index (χ4n) is 2.79. The van der Waals surface area contributed by atoms with Gasteiger partial charge in [0.1, 0.15) is 0 Å². The van der Waals surface area contributed by atoms with Gasteiger partial charge >= 0.3 is 0 Å². The van der Waals surface area contributed by atoms with Crippen LogP contribution >= 0.6 is 11.3 Å². The van der Waals surface area contributed by atoms with E-state index in [1.807, 2.05) is 23.1 Å². The van der Waals surface area contributed by atoms with E-state index in [0.717, 1.165) is 41.5 Å². The van der Waals surface area contributed by atoms with Crippen LogP contribution in [0.3, 0.4) is 0 Å². The number of fused-ring (bicyclic) bond motifs is 1. The lowest BCUT2D eigenvalue weighted by atomic mass is 10.1. The second-order valence-corrected chi connectivity index (χ2v) is 6.55. The van der Waals surface area contributed by atoms with Gasteiger partial charge in [-0.25, -0.2) is 4.98 Å². The van der Waals surface area contributed by atoms with Gasteiger partial charge in [0.25, 0.3) is 0 Å². The fourth-order valence-corrected chi connectivity index (χ4v) is 3.82. The van der Waals surface area contributed by atoms with Crippen LogP contribution in [0.4, 0.5) is 5.13 Å². The maximum Gasteiger partial charge on any atom is 0.225 e. The number of nitrogens with zero attached hydrogens (tertiary/aromatic N) is 3. The van der Waals surface area contributed by atoms with E-state index >= 15 is 0 Å². The first kappa shape index (κ1) is 14.5. The highest BCUT2D eigenvalue weighted by atomic mass is 32.1. The highest BCUT2D eigenvalue weighted by Crippen LogP contribution is 2.28. The average molecular weight is 303 g/mol. The zero-order chi connectivity index (χ0) is 14.7. The molecule has 1 aliphatic rings. The van der Waals surface area contributed by atoms with Crippen molar-refractivity contribution in [2.45, 2.75) is 26.2 Å². The van der Waals surface area contributed by atoms with Crippen LogP contribution in [0, 0.1) is 0 Å². The van der Waals surface area contributed by atoms with Gasteiger partial charge in [-0.3, -0.25) is 9.69 Å². The van der Waals surface area contributed by atoms with Crippen LogP contribution in [0.2, 0.25) is 0 Å². The molecular weight excluding hydrogens is 282 g/mol. The van der Waals surface area contributed by atoms with E-state index in [-0.39, 0.29) is 5.91 Å². The lowest BCUT2D eigenvalue weighted by molar-refractivity contribution is -0.116. The molecule has 1 aromatic carbocycles. The Morgan fingerprint density at radius 3 is 2.76 bits per heavy atom. The molecule has 1 saturated heterocycles. The minimum atomic E-state index is 0.0751. The van der Waals surface area contributed by atoms with Gasteiger partial charge in [0.15, 0.2) is 5.13 Å². The largest absolute Gasteiger partial charge is 0.302 e. The summed E-state index contributed by atoms with van der Waals surface area (Å²) in [6, 6.07) is 8.05. The molecule has 1 amide bonds. The number of likely N-dealkylation sites (tertiary alicyclic amines) is 1. The van der Waals surface area contributed by atoms with Crippen LogP contribution in [0.1, 0.15) is 26.2 Å². The highest BCUT2D eigenvalue weighted by molar-refractivity contribution is 7.22. The number of para-hydroxylation sites is 1. The summed E-state index contributed by atoms with van der Waals surface area (Å²) in [7, 11) is 0. The summed E-state index contributed by atoms with van der Waals surface area (Å²) in [5, 5.41) is 0.820. The Labute approximate surface area is 129 Å². The van der Waals surface area contributed by atoms with Crippen molar-refractivity contribution < 1.29 is 4.79 Å². The van der Waals surface area contributed by atoms with E-state index in [0.29, 0.717) is 0 Å². The van der Waals surface area contributed by atoms with E-state index in [1.165, 1.54) is 19.3 Å². The number of hydrogen-bond acceptors (Lipinski definition) is 4. The van der Waals surface area contributed by atoms with Gasteiger partial charge < -0.3 is 4.90 Å². The van der Waals surface area contributed by atoms with E-state index in [4.69, 9.17) is 0 Å². The SMILES string of the molecule is CC(=O)N(CCN1CCCCC1)c1nc2ccccc2s1. The average Bonchev–Trinajstić information content (AvgIpc) is 2.91. The van der Waals surface area contributed by atoms with Crippen LogP contribution in [0.25, 0.3) is 10.2 Å². The molecule has 0 unspecified atom stereocenters. The Morgan fingerprint density at radius 1 is 1.29 bits per heavy atom. The summed E-state index contributed by atoms with van der Waals surface area (Å²) in [6.07, 6.45) is 3.90. The number of aromatic nitrogens is 1. The molecule has 3 rings (SSSR count). The Kier molecular flexibility index (Phi) is 4.51. The summed E-state index contributed by atoms with van der Waals surface area (Å²) in [5.74, 6) is 0.0751. The fraction of sp³-hybridized carbons (Fsp3) is 0.500. The molecule has 0 spiro atoms. The van der Waals surface area contributed by atoms with Crippen molar-refractivity contribution in [2.24, 2.45) is 0 Å². The number of rotatable bonds is 4. The Bertz CT molecular complexity index is 586. The lowest BCUT2D eigenvalue weighted by Gasteiger charge is -2.28. The molecule has 0 bridgehead atoms. The first-order chi connectivity index (χ1) is 10.2. The number of benzene rings is 1. The molecule has 2 aromatic rings. The van der Waals surface area contributed by atoms with Crippen molar-refractivity contribution in [2.75, 3.05) is 31.1 Å². The highest BCUT2D eigenvalue weighted by Gasteiger charge is 2.18. The number of piperidine rings is 1. The summed E-state index contributed by atoms with van der Waals surface area (Å²) < 4.78 is 1.14. The second-order valence-electron chi connectivity index (χ2n) is 5.54. The van der Waals surface area contributed by atoms with Crippen LogP contribution in [-0.2, 0) is 4.79 Å². The van der Waals surface area contributed by atoms with E-state index in [1.54, 1.807) is 18.3 Å². The third kappa shape index (κ3) is 3.41. The first-order valence-electron chi connectivity index (χ1n) is 7.60. The molecule has 21 heavy (non-hydrogen) atoms. The van der Waals surface area contributed by atoms with Gasteiger partial charge in [-0.05, 0) is 38.1 Å². The smallest absolute Gasteiger partial charge is 0.225 e. The summed E-state index contributed by atoms with van der Waals surface area (Å²) in [6.45, 7) is 5.62. The molecule has 112 valence electrons. The monoisotopic (exact) mass is 303 g/mol. The Hall–Kier alpha value is -1.46. The summed E-state index contributed by atoms with van der Waals surface area (Å²) in [5.41, 5.74) is 0.974. The maximum atomic E-state index is 12.0. The molecule has 4 nitrogen and oxygen atoms in total. The summed E-state index contributed by atoms with van der Waals surface area (Å²) in [4.78, 5) is 20.8. The topological polar surface area (TPSA) is 36.4 Å². The lowest BCUT2D eigenvalue weighted by Crippen LogP contribution is -2.39. The van der Waals surface area contributed by atoms with Crippen molar-refractivity contribution in [3.8, 4) is 0 Å². The Balaban J connectivity index is 1.72. The van der Waals surface area contributed by atoms with Crippen LogP contribution in [0.15, 0.2) is 24.3 Å². The van der Waals surface area contributed by atoms with E-state index in [9.17, 15) is 4.79 Å². The number of amides is 1. The minimum absolute atomic E-state index is 0.0751. The molecule has 0 radical (unpaired) electrons. The standard InChI is InChI=1S/C16H21N3OS/c1-13(20)19(12-11-18-9-5-2-6-10-18)16-17-14-7-3-4-8-15(14)21-16/h3-4,7-8H,2,5-6,9-12H2,1H3. The van der Waals surface area contributed by atoms with Crippen molar-refractivity contribution in [1.29, 1.82) is 0 Å². The maximum absolute atomic E-state index is 12.0. The third-order valence-corrected chi connectivity index (χ3v) is 5.04. The van der Waals surface area contributed by atoms with Crippen molar-refractivity contribution >= 4 is 32.6 Å². The van der Waals surface area contributed by atoms with Gasteiger partial charge in [-0.15, -0.1) is 0 Å². The predicted octanol–water partition coefficient (Wildman–Crippen LogP) is 3.14. The van der Waals surface area contributed by atoms with Crippen molar-refractivity contribution in [1.82, 2.24) is 9.88 Å². The number of thiazole rings is 1. The molecule has 2 heterocycles. The second kappa shape index (κ2) is 6.54. The van der Waals surface area contributed by atoms with Crippen molar-refractivity contribution in [3.05, 3.63) is 24.3 Å². The van der Waals surface area contributed by atoms with Gasteiger partial charge in [0.2, 0.25) is 5.91 Å². The first-order valence-corrected chi connectivity index (χ1v) is 8.42. The molecule has 1 aromatic heterocycles. The normalized spacial score (nSPS) is 16.2. The molecule has 1 aliphatic heterocycles. The molecule has 0 N–H and O–H groups in total. The number of anilines is 1. The quantitative estimate of drug-likeness (QED) is 0.870. The van der Waals surface area contributed by atoms with Gasteiger partial charge in [-0.2, -0.15) is 0 Å². The summed E-state index contributed by atoms with van der Waals surface area (Å²) >= 11 is 1.60. The Morgan fingerprint density at radius 2 is 2.05 bits per heavy atom.